The van der Waals surface area contributed by atoms with Crippen molar-refractivity contribution in [2.24, 2.45) is 5.92 Å². The molecule has 0 N–H and O–H groups in total. The Labute approximate surface area is 55.9 Å². The number of carbonyl (C=O) groups is 2. The molecule has 1 heterocycles. The van der Waals surface area contributed by atoms with E-state index >= 15 is 0 Å². The maximum absolute atomic E-state index is 10.5. The summed E-state index contributed by atoms with van der Waals surface area (Å²) in [4.78, 5) is 20.9. The molecule has 5 heteroatoms. The van der Waals surface area contributed by atoms with Crippen LogP contribution in [0.4, 0.5) is 0 Å². The fraction of sp³-hybridized carbons (Fsp3) is 0.500. The van der Waals surface area contributed by atoms with Gasteiger partial charge in [0.05, 0.1) is 0 Å². The quantitative estimate of drug-likeness (QED) is 0.365. The van der Waals surface area contributed by atoms with Crippen LogP contribution in [0.2, 0.25) is 0 Å². The van der Waals surface area contributed by atoms with Crippen LogP contribution in [0, 0.1) is 5.92 Å². The lowest BCUT2D eigenvalue weighted by Gasteiger charge is -2.12. The van der Waals surface area contributed by atoms with E-state index in [1.165, 1.54) is 6.92 Å². The summed E-state index contributed by atoms with van der Waals surface area (Å²) in [7, 11) is 0. The third-order valence-corrected chi connectivity index (χ3v) is 1.40. The molecule has 0 aromatic heterocycles. The number of rotatable bonds is 0. The van der Waals surface area contributed by atoms with Crippen molar-refractivity contribution in [2.45, 2.75) is 6.92 Å². The van der Waals surface area contributed by atoms with E-state index in [9.17, 15) is 9.59 Å². The molecule has 0 unspecified atom stereocenters. The van der Waals surface area contributed by atoms with Gasteiger partial charge in [-0.2, -0.15) is 0 Å². The highest BCUT2D eigenvalue weighted by Crippen LogP contribution is 2.18. The van der Waals surface area contributed by atoms with E-state index in [2.05, 4.69) is 8.37 Å². The van der Waals surface area contributed by atoms with Crippen molar-refractivity contribution in [3.8, 4) is 0 Å². The van der Waals surface area contributed by atoms with Gasteiger partial charge in [-0.05, 0) is 6.92 Å². The van der Waals surface area contributed by atoms with E-state index < -0.39 is 17.9 Å². The van der Waals surface area contributed by atoms with Gasteiger partial charge in [-0.15, -0.1) is 0 Å². The van der Waals surface area contributed by atoms with Crippen molar-refractivity contribution < 1.29 is 18.0 Å². The zero-order chi connectivity index (χ0) is 6.85. The molecular weight excluding hydrogens is 144 g/mol. The van der Waals surface area contributed by atoms with Gasteiger partial charge in [-0.1, -0.05) is 0 Å². The van der Waals surface area contributed by atoms with Crippen molar-refractivity contribution in [3.05, 3.63) is 0 Å². The van der Waals surface area contributed by atoms with E-state index in [0.29, 0.717) is 12.3 Å². The number of hydrogen-bond acceptors (Lipinski definition) is 5. The molecular formula is C4H4O4S. The van der Waals surface area contributed by atoms with E-state index in [1.807, 2.05) is 0 Å². The highest BCUT2D eigenvalue weighted by Gasteiger charge is 2.30. The number of carbonyl (C=O) groups excluding carboxylic acids is 2. The van der Waals surface area contributed by atoms with Gasteiger partial charge in [-0.25, -0.2) is 0 Å². The molecule has 0 radical (unpaired) electrons. The van der Waals surface area contributed by atoms with Crippen molar-refractivity contribution in [1.29, 1.82) is 0 Å². The molecule has 4 nitrogen and oxygen atoms in total. The van der Waals surface area contributed by atoms with Crippen molar-refractivity contribution in [3.63, 3.8) is 0 Å². The Morgan fingerprint density at radius 1 is 1.33 bits per heavy atom. The minimum atomic E-state index is -0.772. The first-order valence-corrected chi connectivity index (χ1v) is 2.97. The second kappa shape index (κ2) is 2.26. The Hall–Kier alpha value is -0.710. The van der Waals surface area contributed by atoms with E-state index in [4.69, 9.17) is 0 Å². The minimum Gasteiger partial charge on any atom is -0.354 e. The molecule has 0 atom stereocenters. The van der Waals surface area contributed by atoms with Crippen LogP contribution in [0.1, 0.15) is 6.92 Å². The normalized spacial score (nSPS) is 21.0. The van der Waals surface area contributed by atoms with Gasteiger partial charge in [0.1, 0.15) is 0 Å². The Morgan fingerprint density at radius 3 is 2.11 bits per heavy atom. The molecule has 0 aromatic carbocycles. The molecule has 0 amide bonds. The SMILES string of the molecule is CC1C(=O)OSOC1=O. The maximum atomic E-state index is 10.5. The van der Waals surface area contributed by atoms with Gasteiger partial charge in [0, 0.05) is 0 Å². The van der Waals surface area contributed by atoms with Gasteiger partial charge in [0.25, 0.3) is 12.3 Å². The zero-order valence-electron chi connectivity index (χ0n) is 4.62. The van der Waals surface area contributed by atoms with Crippen LogP contribution in [-0.4, -0.2) is 11.9 Å². The van der Waals surface area contributed by atoms with Crippen LogP contribution in [0.5, 0.6) is 0 Å². The minimum absolute atomic E-state index is 0.416. The lowest BCUT2D eigenvalue weighted by Crippen LogP contribution is -2.26. The molecule has 9 heavy (non-hydrogen) atoms. The van der Waals surface area contributed by atoms with Crippen molar-refractivity contribution >= 4 is 24.3 Å². The number of hydrogen-bond donors (Lipinski definition) is 0. The Bertz CT molecular complexity index is 139. The molecule has 0 saturated carbocycles. The van der Waals surface area contributed by atoms with Gasteiger partial charge in [0.2, 0.25) is 0 Å². The first-order chi connectivity index (χ1) is 4.22. The third kappa shape index (κ3) is 1.16. The summed E-state index contributed by atoms with van der Waals surface area (Å²) in [5, 5.41) is 0. The van der Waals surface area contributed by atoms with Crippen LogP contribution < -0.4 is 0 Å². The van der Waals surface area contributed by atoms with Crippen LogP contribution in [0.25, 0.3) is 0 Å². The standard InChI is InChI=1S/C4H4O4S/c1-2-3(5)7-9-8-4(2)6/h2H,1H3. The summed E-state index contributed by atoms with van der Waals surface area (Å²) >= 11 is 0.416. The summed E-state index contributed by atoms with van der Waals surface area (Å²) in [6.45, 7) is 1.43. The lowest BCUT2D eigenvalue weighted by molar-refractivity contribution is -0.153. The molecule has 1 aliphatic rings. The average Bonchev–Trinajstić information content (AvgIpc) is 1.83. The maximum Gasteiger partial charge on any atom is 0.334 e. The summed E-state index contributed by atoms with van der Waals surface area (Å²) in [6, 6.07) is 0. The molecule has 0 bridgehead atoms. The summed E-state index contributed by atoms with van der Waals surface area (Å²) < 4.78 is 8.59. The highest BCUT2D eigenvalue weighted by molar-refractivity contribution is 7.90. The highest BCUT2D eigenvalue weighted by atomic mass is 32.2. The van der Waals surface area contributed by atoms with Crippen LogP contribution in [-0.2, 0) is 18.0 Å². The van der Waals surface area contributed by atoms with Crippen molar-refractivity contribution in [2.75, 3.05) is 0 Å². The third-order valence-electron chi connectivity index (χ3n) is 0.939. The molecule has 1 saturated heterocycles. The summed E-state index contributed by atoms with van der Waals surface area (Å²) in [5.41, 5.74) is 0. The first kappa shape index (κ1) is 6.41. The second-order valence-electron chi connectivity index (χ2n) is 1.59. The molecule has 1 aliphatic heterocycles. The molecule has 50 valence electrons. The van der Waals surface area contributed by atoms with Crippen LogP contribution >= 0.6 is 12.3 Å². The molecule has 1 rings (SSSR count). The molecule has 0 aromatic rings. The fourth-order valence-corrected chi connectivity index (χ4v) is 0.781. The zero-order valence-corrected chi connectivity index (χ0v) is 5.44. The Morgan fingerprint density at radius 2 is 1.78 bits per heavy atom. The van der Waals surface area contributed by atoms with E-state index in [-0.39, 0.29) is 0 Å². The topological polar surface area (TPSA) is 52.6 Å². The van der Waals surface area contributed by atoms with Gasteiger partial charge >= 0.3 is 11.9 Å². The van der Waals surface area contributed by atoms with Gasteiger partial charge in [-0.3, -0.25) is 9.59 Å². The fourth-order valence-electron chi connectivity index (χ4n) is 0.325. The van der Waals surface area contributed by atoms with Gasteiger partial charge < -0.3 is 8.37 Å². The van der Waals surface area contributed by atoms with Crippen LogP contribution in [0.15, 0.2) is 0 Å². The van der Waals surface area contributed by atoms with E-state index in [1.54, 1.807) is 0 Å². The molecule has 1 fully saturated rings. The predicted molar refractivity (Wildman–Crippen MR) is 28.9 cm³/mol. The molecule has 0 aliphatic carbocycles. The van der Waals surface area contributed by atoms with Gasteiger partial charge in [0.15, 0.2) is 5.92 Å². The summed E-state index contributed by atoms with van der Waals surface area (Å²) in [6.07, 6.45) is 0. The Kier molecular flexibility index (Phi) is 1.61. The summed E-state index contributed by atoms with van der Waals surface area (Å²) in [5.74, 6) is -1.86. The monoisotopic (exact) mass is 148 g/mol. The Balaban J connectivity index is 2.62. The lowest BCUT2D eigenvalue weighted by atomic mass is 10.2. The largest absolute Gasteiger partial charge is 0.354 e. The predicted octanol–water partition coefficient (Wildman–Crippen LogP) is 0.286. The molecule has 0 spiro atoms. The van der Waals surface area contributed by atoms with Crippen molar-refractivity contribution in [1.82, 2.24) is 0 Å². The second-order valence-corrected chi connectivity index (χ2v) is 2.06. The smallest absolute Gasteiger partial charge is 0.334 e. The van der Waals surface area contributed by atoms with Crippen LogP contribution in [0.3, 0.4) is 0 Å². The first-order valence-electron chi connectivity index (χ1n) is 2.30. The van der Waals surface area contributed by atoms with E-state index in [0.717, 1.165) is 0 Å². The average molecular weight is 148 g/mol.